The maximum atomic E-state index is 13.4. The lowest BCUT2D eigenvalue weighted by atomic mass is 9.94. The predicted octanol–water partition coefficient (Wildman–Crippen LogP) is 5.31. The normalized spacial score (nSPS) is 17.1. The van der Waals surface area contributed by atoms with Crippen LogP contribution in [0.15, 0.2) is 60.2 Å². The first-order valence-corrected chi connectivity index (χ1v) is 11.2. The van der Waals surface area contributed by atoms with E-state index >= 15 is 0 Å². The Morgan fingerprint density at radius 3 is 2.17 bits per heavy atom. The lowest BCUT2D eigenvalue weighted by Crippen LogP contribution is -2.29. The van der Waals surface area contributed by atoms with Crippen molar-refractivity contribution in [1.29, 1.82) is 0 Å². The number of Topliss-reactive ketones (excluding diaryl/α,β-unsaturated/α-hetero) is 1. The van der Waals surface area contributed by atoms with E-state index in [9.17, 15) is 19.8 Å². The smallest absolute Gasteiger partial charge is 0.300 e. The van der Waals surface area contributed by atoms with Crippen LogP contribution in [0.5, 0.6) is 17.2 Å². The fraction of sp³-hybridized carbons (Fsp3) is 0.185. The number of amides is 1. The number of ketones is 1. The molecule has 3 aromatic carbocycles. The summed E-state index contributed by atoms with van der Waals surface area (Å²) in [6, 6.07) is 13.7. The monoisotopic (exact) mass is 493 g/mol. The average molecular weight is 494 g/mol. The maximum absolute atomic E-state index is 13.4. The molecule has 0 spiro atoms. The number of methoxy groups -OCH3 is 2. The van der Waals surface area contributed by atoms with Crippen molar-refractivity contribution in [1.82, 2.24) is 0 Å². The number of ether oxygens (including phenoxy) is 2. The van der Waals surface area contributed by atoms with Crippen molar-refractivity contribution in [2.45, 2.75) is 19.9 Å². The SMILES string of the molecule is COc1cccc(OC)c1/C(O)=C1\C(=O)C(=O)N(c2ccc(C)c(C)c2)C1c1ccc(O)c(Cl)c1. The number of phenolic OH excluding ortho intramolecular Hbond substituents is 1. The van der Waals surface area contributed by atoms with Gasteiger partial charge in [0.05, 0.1) is 30.9 Å². The standard InChI is InChI=1S/C27H24ClNO6/c1-14-8-10-17(12-15(14)2)29-24(16-9-11-19(30)18(28)13-16)23(26(32)27(29)33)25(31)22-20(34-3)6-5-7-21(22)35-4/h5-13,24,30-31H,1-4H3/b25-23+. The molecule has 0 saturated carbocycles. The summed E-state index contributed by atoms with van der Waals surface area (Å²) in [4.78, 5) is 28.1. The van der Waals surface area contributed by atoms with E-state index in [-0.39, 0.29) is 33.4 Å². The molecule has 1 heterocycles. The fourth-order valence-corrected chi connectivity index (χ4v) is 4.39. The van der Waals surface area contributed by atoms with E-state index in [1.165, 1.54) is 31.3 Å². The highest BCUT2D eigenvalue weighted by atomic mass is 35.5. The molecule has 0 bridgehead atoms. The lowest BCUT2D eigenvalue weighted by Gasteiger charge is -2.26. The van der Waals surface area contributed by atoms with E-state index in [1.54, 1.807) is 36.4 Å². The van der Waals surface area contributed by atoms with Gasteiger partial charge in [-0.3, -0.25) is 14.5 Å². The molecule has 1 saturated heterocycles. The third-order valence-electron chi connectivity index (χ3n) is 6.17. The molecular weight excluding hydrogens is 470 g/mol. The zero-order valence-electron chi connectivity index (χ0n) is 19.6. The van der Waals surface area contributed by atoms with Crippen LogP contribution in [0.4, 0.5) is 5.69 Å². The fourth-order valence-electron chi connectivity index (χ4n) is 4.20. The number of aryl methyl sites for hydroxylation is 2. The highest BCUT2D eigenvalue weighted by molar-refractivity contribution is 6.51. The number of nitrogens with zero attached hydrogens (tertiary/aromatic N) is 1. The molecule has 1 aliphatic rings. The molecule has 1 unspecified atom stereocenters. The lowest BCUT2D eigenvalue weighted by molar-refractivity contribution is -0.132. The van der Waals surface area contributed by atoms with Crippen LogP contribution in [-0.4, -0.2) is 36.1 Å². The summed E-state index contributed by atoms with van der Waals surface area (Å²) in [5, 5.41) is 21.5. The van der Waals surface area contributed by atoms with Gasteiger partial charge in [-0.05, 0) is 66.9 Å². The zero-order valence-corrected chi connectivity index (χ0v) is 20.4. The first-order chi connectivity index (χ1) is 16.7. The number of anilines is 1. The third-order valence-corrected chi connectivity index (χ3v) is 6.47. The topological polar surface area (TPSA) is 96.3 Å². The largest absolute Gasteiger partial charge is 0.506 e. The minimum absolute atomic E-state index is 0.0445. The highest BCUT2D eigenvalue weighted by Crippen LogP contribution is 2.46. The number of aromatic hydroxyl groups is 1. The van der Waals surface area contributed by atoms with Gasteiger partial charge < -0.3 is 19.7 Å². The Hall–Kier alpha value is -3.97. The van der Waals surface area contributed by atoms with E-state index in [4.69, 9.17) is 21.1 Å². The molecule has 2 N–H and O–H groups in total. The van der Waals surface area contributed by atoms with Crippen LogP contribution in [0.2, 0.25) is 5.02 Å². The highest BCUT2D eigenvalue weighted by Gasteiger charge is 2.47. The summed E-state index contributed by atoms with van der Waals surface area (Å²) >= 11 is 6.19. The summed E-state index contributed by atoms with van der Waals surface area (Å²) in [6.07, 6.45) is 0. The van der Waals surface area contributed by atoms with Gasteiger partial charge in [-0.15, -0.1) is 0 Å². The van der Waals surface area contributed by atoms with E-state index < -0.39 is 23.5 Å². The molecule has 0 radical (unpaired) electrons. The van der Waals surface area contributed by atoms with Crippen LogP contribution in [-0.2, 0) is 9.59 Å². The van der Waals surface area contributed by atoms with Crippen molar-refractivity contribution in [2.24, 2.45) is 0 Å². The number of aliphatic hydroxyl groups is 1. The molecule has 7 nitrogen and oxygen atoms in total. The molecule has 1 atom stereocenters. The summed E-state index contributed by atoms with van der Waals surface area (Å²) in [6.45, 7) is 3.85. The first kappa shape index (κ1) is 24.2. The number of benzene rings is 3. The van der Waals surface area contributed by atoms with Crippen molar-refractivity contribution >= 4 is 34.7 Å². The average Bonchev–Trinajstić information content (AvgIpc) is 3.11. The van der Waals surface area contributed by atoms with Crippen LogP contribution < -0.4 is 14.4 Å². The molecule has 180 valence electrons. The number of aliphatic hydroxyl groups excluding tert-OH is 1. The van der Waals surface area contributed by atoms with Gasteiger partial charge in [0.1, 0.15) is 28.6 Å². The Bertz CT molecular complexity index is 1360. The van der Waals surface area contributed by atoms with Crippen LogP contribution in [0.25, 0.3) is 5.76 Å². The van der Waals surface area contributed by atoms with Crippen molar-refractivity contribution in [2.75, 3.05) is 19.1 Å². The molecule has 0 aromatic heterocycles. The number of carbonyl (C=O) groups is 2. The number of rotatable bonds is 5. The molecule has 4 rings (SSSR count). The van der Waals surface area contributed by atoms with E-state index in [0.717, 1.165) is 11.1 Å². The molecule has 8 heteroatoms. The van der Waals surface area contributed by atoms with E-state index in [0.29, 0.717) is 11.3 Å². The van der Waals surface area contributed by atoms with Gasteiger partial charge >= 0.3 is 0 Å². The molecule has 35 heavy (non-hydrogen) atoms. The Balaban J connectivity index is 2.04. The van der Waals surface area contributed by atoms with E-state index in [2.05, 4.69) is 0 Å². The van der Waals surface area contributed by atoms with Gasteiger partial charge in [0.25, 0.3) is 11.7 Å². The second-order valence-electron chi connectivity index (χ2n) is 8.19. The summed E-state index contributed by atoms with van der Waals surface area (Å²) in [5.74, 6) is -1.74. The second kappa shape index (κ2) is 9.35. The quantitative estimate of drug-likeness (QED) is 0.284. The van der Waals surface area contributed by atoms with Crippen LogP contribution in [0.1, 0.15) is 28.3 Å². The van der Waals surface area contributed by atoms with Gasteiger partial charge in [-0.2, -0.15) is 0 Å². The van der Waals surface area contributed by atoms with Crippen molar-refractivity contribution in [3.63, 3.8) is 0 Å². The summed E-state index contributed by atoms with van der Waals surface area (Å²) in [5.41, 5.74) is 2.85. The first-order valence-electron chi connectivity index (χ1n) is 10.8. The molecule has 3 aromatic rings. The van der Waals surface area contributed by atoms with Crippen molar-refractivity contribution in [3.8, 4) is 17.2 Å². The minimum Gasteiger partial charge on any atom is -0.506 e. The zero-order chi connectivity index (χ0) is 25.4. The number of hydrogen-bond acceptors (Lipinski definition) is 6. The third kappa shape index (κ3) is 4.08. The number of phenols is 1. The molecule has 1 aliphatic heterocycles. The molecule has 1 amide bonds. The van der Waals surface area contributed by atoms with Crippen LogP contribution in [0, 0.1) is 13.8 Å². The predicted molar refractivity (Wildman–Crippen MR) is 133 cm³/mol. The minimum atomic E-state index is -1.02. The van der Waals surface area contributed by atoms with E-state index in [1.807, 2.05) is 19.9 Å². The Labute approximate surface area is 207 Å². The molecule has 1 fully saturated rings. The van der Waals surface area contributed by atoms with Gasteiger partial charge in [-0.1, -0.05) is 29.8 Å². The Morgan fingerprint density at radius 1 is 0.943 bits per heavy atom. The summed E-state index contributed by atoms with van der Waals surface area (Å²) < 4.78 is 10.8. The molecular formula is C27H24ClNO6. The van der Waals surface area contributed by atoms with Gasteiger partial charge in [-0.25, -0.2) is 0 Å². The van der Waals surface area contributed by atoms with Gasteiger partial charge in [0, 0.05) is 5.69 Å². The van der Waals surface area contributed by atoms with Crippen molar-refractivity contribution in [3.05, 3.63) is 87.4 Å². The van der Waals surface area contributed by atoms with Gasteiger partial charge in [0.15, 0.2) is 0 Å². The Kier molecular flexibility index (Phi) is 6.45. The van der Waals surface area contributed by atoms with Crippen molar-refractivity contribution < 1.29 is 29.3 Å². The summed E-state index contributed by atoms with van der Waals surface area (Å²) in [7, 11) is 2.85. The van der Waals surface area contributed by atoms with Crippen LogP contribution >= 0.6 is 11.6 Å². The molecule has 0 aliphatic carbocycles. The number of hydrogen-bond donors (Lipinski definition) is 2. The Morgan fingerprint density at radius 2 is 1.60 bits per heavy atom. The van der Waals surface area contributed by atoms with Gasteiger partial charge in [0.2, 0.25) is 0 Å². The van der Waals surface area contributed by atoms with Crippen LogP contribution in [0.3, 0.4) is 0 Å². The second-order valence-corrected chi connectivity index (χ2v) is 8.59. The number of carbonyl (C=O) groups excluding carboxylic acids is 2. The number of halogens is 1. The maximum Gasteiger partial charge on any atom is 0.300 e.